The number of allylic oxidation sites excluding steroid dienone is 4. The molecule has 0 heterocycles. The molecule has 86 valence electrons. The molecule has 0 radical (unpaired) electrons. The van der Waals surface area contributed by atoms with Crippen LogP contribution in [-0.4, -0.2) is 11.6 Å². The average Bonchev–Trinajstić information content (AvgIpc) is 2.50. The van der Waals surface area contributed by atoms with Crippen LogP contribution < -0.4 is 0 Å². The van der Waals surface area contributed by atoms with Crippen molar-refractivity contribution in [3.05, 3.63) is 59.9 Å². The molecule has 1 aliphatic carbocycles. The summed E-state index contributed by atoms with van der Waals surface area (Å²) >= 11 is 0. The smallest absolute Gasteiger partial charge is 0.182 e. The van der Waals surface area contributed by atoms with E-state index in [0.29, 0.717) is 12.4 Å². The van der Waals surface area contributed by atoms with Crippen LogP contribution in [0, 0.1) is 0 Å². The van der Waals surface area contributed by atoms with Crippen molar-refractivity contribution in [2.45, 2.75) is 13.0 Å². The van der Waals surface area contributed by atoms with Crippen LogP contribution in [0.2, 0.25) is 0 Å². The standard InChI is InChI=1S/C14H12O3/c15-12-6-7-13(16)9-14(8-12)17-10-11-4-2-1-3-5-11/h1-8H,9-10H2. The van der Waals surface area contributed by atoms with Gasteiger partial charge in [-0.05, 0) is 17.7 Å². The predicted octanol–water partition coefficient (Wildman–Crippen LogP) is 2.19. The Morgan fingerprint density at radius 2 is 1.82 bits per heavy atom. The van der Waals surface area contributed by atoms with E-state index in [1.807, 2.05) is 30.3 Å². The van der Waals surface area contributed by atoms with Gasteiger partial charge in [-0.25, -0.2) is 0 Å². The molecule has 1 aromatic rings. The summed E-state index contributed by atoms with van der Waals surface area (Å²) in [6.45, 7) is 0.368. The van der Waals surface area contributed by atoms with Crippen LogP contribution in [0.5, 0.6) is 0 Å². The van der Waals surface area contributed by atoms with Crippen molar-refractivity contribution in [3.63, 3.8) is 0 Å². The van der Waals surface area contributed by atoms with Crippen LogP contribution in [0.4, 0.5) is 0 Å². The maximum Gasteiger partial charge on any atom is 0.182 e. The van der Waals surface area contributed by atoms with Crippen molar-refractivity contribution < 1.29 is 14.3 Å². The van der Waals surface area contributed by atoms with E-state index in [1.165, 1.54) is 18.2 Å². The van der Waals surface area contributed by atoms with Crippen molar-refractivity contribution in [2.24, 2.45) is 0 Å². The van der Waals surface area contributed by atoms with Gasteiger partial charge in [-0.15, -0.1) is 0 Å². The van der Waals surface area contributed by atoms with Gasteiger partial charge in [0.15, 0.2) is 11.6 Å². The minimum Gasteiger partial charge on any atom is -0.493 e. The van der Waals surface area contributed by atoms with Crippen molar-refractivity contribution in [1.29, 1.82) is 0 Å². The molecule has 0 fully saturated rings. The summed E-state index contributed by atoms with van der Waals surface area (Å²) in [5, 5.41) is 0. The maximum atomic E-state index is 11.3. The Morgan fingerprint density at radius 3 is 2.59 bits per heavy atom. The molecule has 0 aromatic heterocycles. The molecule has 0 bridgehead atoms. The van der Waals surface area contributed by atoms with E-state index >= 15 is 0 Å². The molecule has 0 atom stereocenters. The number of benzene rings is 1. The Labute approximate surface area is 99.4 Å². The molecule has 1 aromatic carbocycles. The van der Waals surface area contributed by atoms with Crippen molar-refractivity contribution in [1.82, 2.24) is 0 Å². The lowest BCUT2D eigenvalue weighted by Gasteiger charge is -2.08. The highest BCUT2D eigenvalue weighted by atomic mass is 16.5. The van der Waals surface area contributed by atoms with E-state index in [2.05, 4.69) is 0 Å². The summed E-state index contributed by atoms with van der Waals surface area (Å²) in [6, 6.07) is 9.61. The SMILES string of the molecule is O=C1C=CC(=O)CC(OCc2ccccc2)=C1. The van der Waals surface area contributed by atoms with Crippen molar-refractivity contribution in [2.75, 3.05) is 0 Å². The van der Waals surface area contributed by atoms with Gasteiger partial charge in [0.25, 0.3) is 0 Å². The summed E-state index contributed by atoms with van der Waals surface area (Å²) in [7, 11) is 0. The third-order valence-corrected chi connectivity index (χ3v) is 2.35. The topological polar surface area (TPSA) is 43.4 Å². The van der Waals surface area contributed by atoms with E-state index in [1.54, 1.807) is 0 Å². The molecule has 0 saturated carbocycles. The molecule has 0 saturated heterocycles. The first-order chi connectivity index (χ1) is 8.24. The van der Waals surface area contributed by atoms with Crippen LogP contribution in [0.3, 0.4) is 0 Å². The molecule has 3 heteroatoms. The number of rotatable bonds is 3. The molecular formula is C14H12O3. The van der Waals surface area contributed by atoms with Crippen LogP contribution >= 0.6 is 0 Å². The number of hydrogen-bond donors (Lipinski definition) is 0. The predicted molar refractivity (Wildman–Crippen MR) is 63.1 cm³/mol. The molecule has 1 aliphatic rings. The highest BCUT2D eigenvalue weighted by molar-refractivity contribution is 6.07. The first kappa shape index (κ1) is 11.3. The summed E-state index contributed by atoms with van der Waals surface area (Å²) < 4.78 is 5.47. The van der Waals surface area contributed by atoms with Crippen LogP contribution in [0.1, 0.15) is 12.0 Å². The highest BCUT2D eigenvalue weighted by Gasteiger charge is 2.10. The quantitative estimate of drug-likeness (QED) is 0.796. The molecule has 17 heavy (non-hydrogen) atoms. The van der Waals surface area contributed by atoms with Gasteiger partial charge in [0, 0.05) is 6.08 Å². The van der Waals surface area contributed by atoms with E-state index in [-0.39, 0.29) is 18.0 Å². The van der Waals surface area contributed by atoms with Crippen molar-refractivity contribution in [3.8, 4) is 0 Å². The van der Waals surface area contributed by atoms with E-state index < -0.39 is 0 Å². The van der Waals surface area contributed by atoms with Gasteiger partial charge in [0.1, 0.15) is 12.4 Å². The summed E-state index contributed by atoms with van der Waals surface area (Å²) in [5.74, 6) is 0.0999. The van der Waals surface area contributed by atoms with E-state index in [0.717, 1.165) is 5.56 Å². The number of ketones is 2. The fourth-order valence-electron chi connectivity index (χ4n) is 1.51. The molecule has 0 unspecified atom stereocenters. The Bertz CT molecular complexity index is 483. The lowest BCUT2D eigenvalue weighted by Crippen LogP contribution is -1.99. The van der Waals surface area contributed by atoms with Gasteiger partial charge >= 0.3 is 0 Å². The summed E-state index contributed by atoms with van der Waals surface area (Å²) in [4.78, 5) is 22.5. The van der Waals surface area contributed by atoms with Gasteiger partial charge in [0.05, 0.1) is 6.42 Å². The number of ether oxygens (including phenoxy) is 1. The third-order valence-electron chi connectivity index (χ3n) is 2.35. The fourth-order valence-corrected chi connectivity index (χ4v) is 1.51. The zero-order chi connectivity index (χ0) is 12.1. The molecule has 0 spiro atoms. The van der Waals surface area contributed by atoms with Gasteiger partial charge in [-0.2, -0.15) is 0 Å². The second kappa shape index (κ2) is 5.25. The Morgan fingerprint density at radius 1 is 1.06 bits per heavy atom. The number of carbonyl (C=O) groups excluding carboxylic acids is 2. The van der Waals surface area contributed by atoms with E-state index in [4.69, 9.17) is 4.74 Å². The van der Waals surface area contributed by atoms with Crippen molar-refractivity contribution >= 4 is 11.6 Å². The molecule has 2 rings (SSSR count). The minimum atomic E-state index is -0.209. The van der Waals surface area contributed by atoms with Crippen LogP contribution in [-0.2, 0) is 20.9 Å². The fraction of sp³-hybridized carbons (Fsp3) is 0.143. The lowest BCUT2D eigenvalue weighted by molar-refractivity contribution is -0.114. The maximum absolute atomic E-state index is 11.3. The average molecular weight is 228 g/mol. The Kier molecular flexibility index (Phi) is 3.50. The first-order valence-electron chi connectivity index (χ1n) is 5.36. The zero-order valence-corrected chi connectivity index (χ0v) is 9.26. The third kappa shape index (κ3) is 3.41. The molecule has 3 nitrogen and oxygen atoms in total. The monoisotopic (exact) mass is 228 g/mol. The molecule has 0 N–H and O–H groups in total. The van der Waals surface area contributed by atoms with Gasteiger partial charge in [-0.1, -0.05) is 30.3 Å². The molecule has 0 amide bonds. The largest absolute Gasteiger partial charge is 0.493 e. The lowest BCUT2D eigenvalue weighted by atomic mass is 10.2. The molecular weight excluding hydrogens is 216 g/mol. The van der Waals surface area contributed by atoms with E-state index in [9.17, 15) is 9.59 Å². The number of carbonyl (C=O) groups is 2. The van der Waals surface area contributed by atoms with Gasteiger partial charge in [-0.3, -0.25) is 9.59 Å². The number of hydrogen-bond acceptors (Lipinski definition) is 3. The first-order valence-corrected chi connectivity index (χ1v) is 5.36. The second-order valence-electron chi connectivity index (χ2n) is 3.76. The second-order valence-corrected chi connectivity index (χ2v) is 3.76. The zero-order valence-electron chi connectivity index (χ0n) is 9.26. The summed E-state index contributed by atoms with van der Waals surface area (Å²) in [5.41, 5.74) is 1.01. The Hall–Kier alpha value is -2.16. The summed E-state index contributed by atoms with van der Waals surface area (Å²) in [6.07, 6.45) is 4.07. The Balaban J connectivity index is 2.00. The van der Waals surface area contributed by atoms with Crippen LogP contribution in [0.15, 0.2) is 54.3 Å². The molecule has 0 aliphatic heterocycles. The minimum absolute atomic E-state index is 0.116. The van der Waals surface area contributed by atoms with Crippen LogP contribution in [0.25, 0.3) is 0 Å². The van der Waals surface area contributed by atoms with Gasteiger partial charge < -0.3 is 4.74 Å². The normalized spacial score (nSPS) is 15.4. The highest BCUT2D eigenvalue weighted by Crippen LogP contribution is 2.12. The van der Waals surface area contributed by atoms with Gasteiger partial charge in [0.2, 0.25) is 0 Å².